The maximum absolute atomic E-state index is 12.9. The number of sulfonamides is 1. The molecule has 154 valence electrons. The van der Waals surface area contributed by atoms with Crippen LogP contribution in [0.3, 0.4) is 0 Å². The molecule has 8 nitrogen and oxygen atoms in total. The van der Waals surface area contributed by atoms with Gasteiger partial charge in [0.05, 0.1) is 7.11 Å². The summed E-state index contributed by atoms with van der Waals surface area (Å²) in [4.78, 5) is 24.8. The molecule has 0 fully saturated rings. The van der Waals surface area contributed by atoms with Crippen molar-refractivity contribution in [3.63, 3.8) is 0 Å². The van der Waals surface area contributed by atoms with Gasteiger partial charge in [0.25, 0.3) is 5.91 Å². The van der Waals surface area contributed by atoms with Gasteiger partial charge < -0.3 is 15.2 Å². The highest BCUT2D eigenvalue weighted by Gasteiger charge is 2.45. The molecule has 0 radical (unpaired) electrons. The Morgan fingerprint density at radius 3 is 2.17 bits per heavy atom. The summed E-state index contributed by atoms with van der Waals surface area (Å²) in [7, 11) is 0.210. The molecule has 0 saturated carbocycles. The fourth-order valence-electron chi connectivity index (χ4n) is 3.41. The lowest BCUT2D eigenvalue weighted by molar-refractivity contribution is -0.144. The van der Waals surface area contributed by atoms with Crippen LogP contribution < -0.4 is 10.1 Å². The van der Waals surface area contributed by atoms with Crippen LogP contribution in [-0.4, -0.2) is 56.5 Å². The van der Waals surface area contributed by atoms with Gasteiger partial charge in [-0.05, 0) is 29.3 Å². The number of methoxy groups -OCH3 is 1. The number of benzene rings is 2. The minimum atomic E-state index is -3.87. The second-order valence-corrected chi connectivity index (χ2v) is 9.24. The van der Waals surface area contributed by atoms with Crippen molar-refractivity contribution >= 4 is 21.9 Å². The molecule has 0 aromatic heterocycles. The van der Waals surface area contributed by atoms with Crippen molar-refractivity contribution in [1.29, 1.82) is 0 Å². The third kappa shape index (κ3) is 3.70. The lowest BCUT2D eigenvalue weighted by Gasteiger charge is -2.25. The monoisotopic (exact) mass is 418 g/mol. The zero-order valence-corrected chi connectivity index (χ0v) is 17.1. The largest absolute Gasteiger partial charge is 0.495 e. The van der Waals surface area contributed by atoms with E-state index in [-0.39, 0.29) is 29.1 Å². The van der Waals surface area contributed by atoms with E-state index in [1.807, 2.05) is 24.3 Å². The predicted octanol–water partition coefficient (Wildman–Crippen LogP) is 1.30. The Balaban J connectivity index is 1.96. The lowest BCUT2D eigenvalue weighted by Crippen LogP contribution is -2.55. The first-order valence-corrected chi connectivity index (χ1v) is 10.3. The number of rotatable bonds is 6. The fraction of sp³-hybridized carbons (Fsp3) is 0.300. The number of fused-ring (bicyclic) bond motifs is 1. The van der Waals surface area contributed by atoms with Crippen LogP contribution in [0.25, 0.3) is 0 Å². The van der Waals surface area contributed by atoms with E-state index in [0.29, 0.717) is 0 Å². The number of amides is 1. The normalized spacial score (nSPS) is 15.0. The summed E-state index contributed by atoms with van der Waals surface area (Å²) in [5, 5.41) is 12.4. The Morgan fingerprint density at radius 2 is 1.69 bits per heavy atom. The third-order valence-corrected chi connectivity index (χ3v) is 6.89. The maximum Gasteiger partial charge on any atom is 0.330 e. The van der Waals surface area contributed by atoms with Crippen molar-refractivity contribution in [2.24, 2.45) is 0 Å². The van der Waals surface area contributed by atoms with Crippen molar-refractivity contribution in [2.45, 2.75) is 23.3 Å². The molecule has 0 bridgehead atoms. The zero-order valence-electron chi connectivity index (χ0n) is 16.3. The second-order valence-electron chi connectivity index (χ2n) is 7.12. The molecular weight excluding hydrogens is 396 g/mol. The Hall–Kier alpha value is -2.91. The number of carboxylic acids is 1. The molecule has 0 unspecified atom stereocenters. The van der Waals surface area contributed by atoms with Gasteiger partial charge in [0, 0.05) is 32.5 Å². The summed E-state index contributed by atoms with van der Waals surface area (Å²) >= 11 is 0. The maximum atomic E-state index is 12.9. The van der Waals surface area contributed by atoms with Crippen LogP contribution in [0.15, 0.2) is 47.4 Å². The number of nitrogens with one attached hydrogen (secondary N) is 1. The van der Waals surface area contributed by atoms with Crippen LogP contribution in [0, 0.1) is 0 Å². The van der Waals surface area contributed by atoms with Crippen molar-refractivity contribution < 1.29 is 27.9 Å². The smallest absolute Gasteiger partial charge is 0.330 e. The van der Waals surface area contributed by atoms with E-state index in [4.69, 9.17) is 4.74 Å². The van der Waals surface area contributed by atoms with Gasteiger partial charge in [-0.25, -0.2) is 17.5 Å². The first kappa shape index (κ1) is 20.8. The SMILES string of the molecule is COc1ccc(C(=O)NC2(C(=O)O)Cc3ccccc3C2)cc1S(=O)(=O)N(C)C. The molecule has 0 heterocycles. The number of aliphatic carboxylic acids is 1. The van der Waals surface area contributed by atoms with Crippen molar-refractivity contribution in [2.75, 3.05) is 21.2 Å². The number of hydrogen-bond acceptors (Lipinski definition) is 5. The summed E-state index contributed by atoms with van der Waals surface area (Å²) in [6.07, 6.45) is 0.312. The molecule has 2 aromatic carbocycles. The lowest BCUT2D eigenvalue weighted by atomic mass is 9.95. The third-order valence-electron chi connectivity index (χ3n) is 5.05. The first-order valence-electron chi connectivity index (χ1n) is 8.84. The highest BCUT2D eigenvalue weighted by Crippen LogP contribution is 2.31. The number of carboxylic acid groups (broad SMARTS) is 1. The van der Waals surface area contributed by atoms with Crippen molar-refractivity contribution in [1.82, 2.24) is 9.62 Å². The highest BCUT2D eigenvalue weighted by atomic mass is 32.2. The van der Waals surface area contributed by atoms with Crippen LogP contribution in [0.2, 0.25) is 0 Å². The van der Waals surface area contributed by atoms with Gasteiger partial charge in [-0.15, -0.1) is 0 Å². The van der Waals surface area contributed by atoms with E-state index in [9.17, 15) is 23.1 Å². The molecule has 2 N–H and O–H groups in total. The van der Waals surface area contributed by atoms with Crippen LogP contribution >= 0.6 is 0 Å². The number of ether oxygens (including phenoxy) is 1. The number of carbonyl (C=O) groups is 2. The van der Waals surface area contributed by atoms with E-state index in [1.54, 1.807) is 0 Å². The number of nitrogens with zero attached hydrogens (tertiary/aromatic N) is 1. The summed E-state index contributed by atoms with van der Waals surface area (Å²) in [6, 6.07) is 11.3. The van der Waals surface area contributed by atoms with Crippen LogP contribution in [0.5, 0.6) is 5.75 Å². The minimum Gasteiger partial charge on any atom is -0.495 e. The summed E-state index contributed by atoms with van der Waals surface area (Å²) < 4.78 is 31.3. The average Bonchev–Trinajstić information content (AvgIpc) is 3.06. The van der Waals surface area contributed by atoms with Gasteiger partial charge in [0.1, 0.15) is 16.2 Å². The Labute approximate surface area is 169 Å². The van der Waals surface area contributed by atoms with E-state index in [1.165, 1.54) is 39.4 Å². The van der Waals surface area contributed by atoms with Crippen molar-refractivity contribution in [3.05, 3.63) is 59.2 Å². The Kier molecular flexibility index (Phi) is 5.38. The van der Waals surface area contributed by atoms with Gasteiger partial charge >= 0.3 is 5.97 Å². The zero-order chi connectivity index (χ0) is 21.4. The van der Waals surface area contributed by atoms with E-state index < -0.39 is 27.4 Å². The van der Waals surface area contributed by atoms with Crippen LogP contribution in [0.1, 0.15) is 21.5 Å². The van der Waals surface area contributed by atoms with Crippen molar-refractivity contribution in [3.8, 4) is 5.75 Å². The van der Waals surface area contributed by atoms with Gasteiger partial charge in [0.2, 0.25) is 10.0 Å². The van der Waals surface area contributed by atoms with Crippen LogP contribution in [-0.2, 0) is 27.7 Å². The summed E-state index contributed by atoms with van der Waals surface area (Å²) in [5.74, 6) is -1.72. The molecule has 2 aromatic rings. The Bertz CT molecular complexity index is 1050. The predicted molar refractivity (Wildman–Crippen MR) is 106 cm³/mol. The first-order chi connectivity index (χ1) is 13.6. The van der Waals surface area contributed by atoms with Gasteiger partial charge in [-0.2, -0.15) is 0 Å². The fourth-order valence-corrected chi connectivity index (χ4v) is 4.49. The molecule has 0 spiro atoms. The standard InChI is InChI=1S/C20H22N2O6S/c1-22(2)29(26,27)17-10-13(8-9-16(17)28-3)18(23)21-20(19(24)25)11-14-6-4-5-7-15(14)12-20/h4-10H,11-12H2,1-3H3,(H,21,23)(H,24,25). The molecular formula is C20H22N2O6S. The second kappa shape index (κ2) is 7.49. The number of carbonyl (C=O) groups excluding carboxylic acids is 1. The Morgan fingerprint density at radius 1 is 1.10 bits per heavy atom. The molecule has 3 rings (SSSR count). The van der Waals surface area contributed by atoms with E-state index >= 15 is 0 Å². The average molecular weight is 418 g/mol. The minimum absolute atomic E-state index is 0.0304. The van der Waals surface area contributed by atoms with Gasteiger partial charge in [-0.1, -0.05) is 24.3 Å². The van der Waals surface area contributed by atoms with E-state index in [2.05, 4.69) is 5.32 Å². The molecule has 29 heavy (non-hydrogen) atoms. The number of hydrogen-bond donors (Lipinski definition) is 2. The summed E-state index contributed by atoms with van der Waals surface area (Å²) in [5.41, 5.74) is 0.269. The quantitative estimate of drug-likeness (QED) is 0.731. The molecule has 1 aliphatic rings. The van der Waals surface area contributed by atoms with Gasteiger partial charge in [0.15, 0.2) is 0 Å². The van der Waals surface area contributed by atoms with Crippen LogP contribution in [0.4, 0.5) is 0 Å². The molecule has 0 atom stereocenters. The summed E-state index contributed by atoms with van der Waals surface area (Å²) in [6.45, 7) is 0. The highest BCUT2D eigenvalue weighted by molar-refractivity contribution is 7.89. The molecule has 0 saturated heterocycles. The molecule has 0 aliphatic heterocycles. The van der Waals surface area contributed by atoms with Gasteiger partial charge in [-0.3, -0.25) is 4.79 Å². The van der Waals surface area contributed by atoms with E-state index in [0.717, 1.165) is 15.4 Å². The molecule has 1 aliphatic carbocycles. The topological polar surface area (TPSA) is 113 Å². The molecule has 1 amide bonds. The molecule has 9 heteroatoms.